The molecule has 1 N–H and O–H groups in total. The van der Waals surface area contributed by atoms with Gasteiger partial charge in [0, 0.05) is 27.1 Å². The molecule has 3 nitrogen and oxygen atoms in total. The van der Waals surface area contributed by atoms with Gasteiger partial charge in [-0.3, -0.25) is 4.79 Å². The van der Waals surface area contributed by atoms with Gasteiger partial charge >= 0.3 is 0 Å². The zero-order valence-corrected chi connectivity index (χ0v) is 12.4. The lowest BCUT2D eigenvalue weighted by molar-refractivity contribution is 0.103. The summed E-state index contributed by atoms with van der Waals surface area (Å²) in [6.07, 6.45) is 1.74. The lowest BCUT2D eigenvalue weighted by Gasteiger charge is -2.07. The van der Waals surface area contributed by atoms with Crippen molar-refractivity contribution >= 4 is 32.6 Å². The highest BCUT2D eigenvalue weighted by Gasteiger charge is 2.17. The number of H-pyrrole nitrogens is 1. The first-order valence-electron chi connectivity index (χ1n) is 6.15. The van der Waals surface area contributed by atoms with E-state index in [0.29, 0.717) is 16.9 Å². The van der Waals surface area contributed by atoms with E-state index in [-0.39, 0.29) is 5.78 Å². The van der Waals surface area contributed by atoms with E-state index in [4.69, 9.17) is 4.74 Å². The molecule has 1 aromatic heterocycles. The normalized spacial score (nSPS) is 10.7. The third-order valence-corrected chi connectivity index (χ3v) is 3.74. The number of rotatable bonds is 3. The lowest BCUT2D eigenvalue weighted by atomic mass is 10.0. The molecule has 0 atom stereocenters. The van der Waals surface area contributed by atoms with E-state index in [1.54, 1.807) is 25.4 Å². The van der Waals surface area contributed by atoms with Crippen molar-refractivity contribution in [2.45, 2.75) is 0 Å². The highest BCUT2D eigenvalue weighted by molar-refractivity contribution is 9.10. The van der Waals surface area contributed by atoms with Crippen LogP contribution in [0.1, 0.15) is 15.9 Å². The van der Waals surface area contributed by atoms with E-state index in [1.165, 1.54) is 0 Å². The second kappa shape index (κ2) is 5.13. The van der Waals surface area contributed by atoms with Gasteiger partial charge in [-0.15, -0.1) is 0 Å². The van der Waals surface area contributed by atoms with Gasteiger partial charge in [-0.2, -0.15) is 0 Å². The van der Waals surface area contributed by atoms with Gasteiger partial charge in [-0.1, -0.05) is 34.1 Å². The molecule has 100 valence electrons. The molecule has 1 heterocycles. The fraction of sp³-hybridized carbons (Fsp3) is 0.0625. The number of aromatic amines is 1. The maximum Gasteiger partial charge on any atom is 0.198 e. The second-order valence-electron chi connectivity index (χ2n) is 4.42. The van der Waals surface area contributed by atoms with Crippen LogP contribution in [0.2, 0.25) is 0 Å². The number of aromatic nitrogens is 1. The van der Waals surface area contributed by atoms with Crippen molar-refractivity contribution in [3.8, 4) is 5.75 Å². The first-order chi connectivity index (χ1) is 9.70. The molecule has 0 saturated carbocycles. The molecular formula is C16H12BrNO2. The van der Waals surface area contributed by atoms with Crippen LogP contribution in [0.3, 0.4) is 0 Å². The number of benzene rings is 2. The molecule has 3 aromatic rings. The van der Waals surface area contributed by atoms with Crippen molar-refractivity contribution < 1.29 is 9.53 Å². The van der Waals surface area contributed by atoms with Gasteiger partial charge in [0.15, 0.2) is 5.78 Å². The van der Waals surface area contributed by atoms with Crippen LogP contribution in [0.15, 0.2) is 53.1 Å². The van der Waals surface area contributed by atoms with E-state index in [2.05, 4.69) is 20.9 Å². The maximum absolute atomic E-state index is 12.7. The quantitative estimate of drug-likeness (QED) is 0.733. The summed E-state index contributed by atoms with van der Waals surface area (Å²) in [6, 6.07) is 13.1. The van der Waals surface area contributed by atoms with Crippen LogP contribution in [0, 0.1) is 0 Å². The van der Waals surface area contributed by atoms with Crippen LogP contribution in [-0.4, -0.2) is 17.9 Å². The summed E-state index contributed by atoms with van der Waals surface area (Å²) in [4.78, 5) is 15.8. The lowest BCUT2D eigenvalue weighted by Crippen LogP contribution is -2.03. The SMILES string of the molecule is COc1cc(Br)ccc1C(=O)c1c[nH]c2ccccc12. The minimum atomic E-state index is -0.0493. The average Bonchev–Trinajstić information content (AvgIpc) is 2.90. The van der Waals surface area contributed by atoms with Gasteiger partial charge in [0.25, 0.3) is 0 Å². The number of hydrogen-bond acceptors (Lipinski definition) is 2. The summed E-state index contributed by atoms with van der Waals surface area (Å²) in [5.41, 5.74) is 2.16. The van der Waals surface area contributed by atoms with E-state index >= 15 is 0 Å². The highest BCUT2D eigenvalue weighted by atomic mass is 79.9. The Morgan fingerprint density at radius 2 is 1.95 bits per heavy atom. The molecule has 0 radical (unpaired) electrons. The zero-order valence-electron chi connectivity index (χ0n) is 10.8. The molecule has 0 saturated heterocycles. The van der Waals surface area contributed by atoms with Crippen molar-refractivity contribution in [1.82, 2.24) is 4.98 Å². The van der Waals surface area contributed by atoms with Crippen molar-refractivity contribution in [3.63, 3.8) is 0 Å². The summed E-state index contributed by atoms with van der Waals surface area (Å²) >= 11 is 3.38. The standard InChI is InChI=1S/C16H12BrNO2/c1-20-15-8-10(17)6-7-12(15)16(19)13-9-18-14-5-3-2-4-11(13)14/h2-9,18H,1H3. The molecule has 0 amide bonds. The molecule has 0 bridgehead atoms. The van der Waals surface area contributed by atoms with Crippen LogP contribution >= 0.6 is 15.9 Å². The minimum absolute atomic E-state index is 0.0493. The summed E-state index contributed by atoms with van der Waals surface area (Å²) in [7, 11) is 1.56. The van der Waals surface area contributed by atoms with Gasteiger partial charge in [-0.25, -0.2) is 0 Å². The Morgan fingerprint density at radius 1 is 1.15 bits per heavy atom. The maximum atomic E-state index is 12.7. The number of ether oxygens (including phenoxy) is 1. The van der Waals surface area contributed by atoms with Gasteiger partial charge in [0.05, 0.1) is 12.7 Å². The molecule has 0 aliphatic rings. The van der Waals surface area contributed by atoms with Crippen molar-refractivity contribution in [2.75, 3.05) is 7.11 Å². The van der Waals surface area contributed by atoms with Crippen molar-refractivity contribution in [2.24, 2.45) is 0 Å². The van der Waals surface area contributed by atoms with Gasteiger partial charge < -0.3 is 9.72 Å². The van der Waals surface area contributed by atoms with Gasteiger partial charge in [0.2, 0.25) is 0 Å². The Labute approximate surface area is 124 Å². The number of ketones is 1. The van der Waals surface area contributed by atoms with E-state index in [9.17, 15) is 4.79 Å². The number of fused-ring (bicyclic) bond motifs is 1. The molecule has 4 heteroatoms. The Bertz CT molecular complexity index is 792. The number of nitrogens with one attached hydrogen (secondary N) is 1. The van der Waals surface area contributed by atoms with Gasteiger partial charge in [0.1, 0.15) is 5.75 Å². The van der Waals surface area contributed by atoms with Crippen LogP contribution in [0.5, 0.6) is 5.75 Å². The Hall–Kier alpha value is -2.07. The second-order valence-corrected chi connectivity index (χ2v) is 5.34. The topological polar surface area (TPSA) is 42.1 Å². The van der Waals surface area contributed by atoms with E-state index < -0.39 is 0 Å². The average molecular weight is 330 g/mol. The third kappa shape index (κ3) is 2.12. The molecule has 0 fully saturated rings. The third-order valence-electron chi connectivity index (χ3n) is 3.24. The molecule has 3 rings (SSSR count). The van der Waals surface area contributed by atoms with E-state index in [0.717, 1.165) is 15.4 Å². The van der Waals surface area contributed by atoms with Crippen LogP contribution in [-0.2, 0) is 0 Å². The Kier molecular flexibility index (Phi) is 3.32. The minimum Gasteiger partial charge on any atom is -0.496 e. The number of hydrogen-bond donors (Lipinski definition) is 1. The predicted molar refractivity (Wildman–Crippen MR) is 82.4 cm³/mol. The van der Waals surface area contributed by atoms with E-state index in [1.807, 2.05) is 30.3 Å². The van der Waals surface area contributed by atoms with Gasteiger partial charge in [-0.05, 0) is 24.3 Å². The summed E-state index contributed by atoms with van der Waals surface area (Å²) in [5, 5.41) is 0.919. The van der Waals surface area contributed by atoms with Crippen LogP contribution < -0.4 is 4.74 Å². The number of carbonyl (C=O) groups is 1. The fourth-order valence-electron chi connectivity index (χ4n) is 2.26. The predicted octanol–water partition coefficient (Wildman–Crippen LogP) is 4.17. The van der Waals surface area contributed by atoms with Crippen molar-refractivity contribution in [1.29, 1.82) is 0 Å². The number of carbonyl (C=O) groups excluding carboxylic acids is 1. The molecule has 0 unspecified atom stereocenters. The number of para-hydroxylation sites is 1. The molecule has 2 aromatic carbocycles. The molecule has 20 heavy (non-hydrogen) atoms. The highest BCUT2D eigenvalue weighted by Crippen LogP contribution is 2.28. The first kappa shape index (κ1) is 12.9. The number of methoxy groups -OCH3 is 1. The molecule has 0 spiro atoms. The smallest absolute Gasteiger partial charge is 0.198 e. The summed E-state index contributed by atoms with van der Waals surface area (Å²) < 4.78 is 6.18. The Balaban J connectivity index is 2.13. The Morgan fingerprint density at radius 3 is 2.75 bits per heavy atom. The molecule has 0 aliphatic carbocycles. The zero-order chi connectivity index (χ0) is 14.1. The molecule has 0 aliphatic heterocycles. The number of halogens is 1. The molecular weight excluding hydrogens is 318 g/mol. The first-order valence-corrected chi connectivity index (χ1v) is 6.94. The summed E-state index contributed by atoms with van der Waals surface area (Å²) in [5.74, 6) is 0.515. The largest absolute Gasteiger partial charge is 0.496 e. The van der Waals surface area contributed by atoms with Crippen LogP contribution in [0.25, 0.3) is 10.9 Å². The fourth-order valence-corrected chi connectivity index (χ4v) is 2.60. The van der Waals surface area contributed by atoms with Crippen molar-refractivity contribution in [3.05, 3.63) is 64.3 Å². The van der Waals surface area contributed by atoms with Crippen LogP contribution in [0.4, 0.5) is 0 Å². The monoisotopic (exact) mass is 329 g/mol. The summed E-state index contributed by atoms with van der Waals surface area (Å²) in [6.45, 7) is 0.